The number of rotatable bonds is 2. The average Bonchev–Trinajstić information content (AvgIpc) is 2.29. The van der Waals surface area contributed by atoms with Crippen LogP contribution in [0.15, 0.2) is 23.8 Å². The SMILES string of the molecule is CC(=O)NC1=C(C(C)=O)COc2c(F)cccc21. The maximum absolute atomic E-state index is 13.6. The van der Waals surface area contributed by atoms with Crippen LogP contribution >= 0.6 is 0 Å². The van der Waals surface area contributed by atoms with Gasteiger partial charge in [0.15, 0.2) is 17.3 Å². The average molecular weight is 249 g/mol. The van der Waals surface area contributed by atoms with E-state index in [9.17, 15) is 14.0 Å². The molecule has 1 amide bonds. The van der Waals surface area contributed by atoms with E-state index in [-0.39, 0.29) is 24.0 Å². The third kappa shape index (κ3) is 2.11. The number of hydrogen-bond acceptors (Lipinski definition) is 3. The molecule has 0 saturated carbocycles. The Morgan fingerprint density at radius 2 is 2.06 bits per heavy atom. The van der Waals surface area contributed by atoms with Crippen LogP contribution in [0.2, 0.25) is 0 Å². The Bertz CT molecular complexity index is 563. The van der Waals surface area contributed by atoms with Gasteiger partial charge in [0.05, 0.1) is 11.3 Å². The second-order valence-corrected chi connectivity index (χ2v) is 4.00. The molecular weight excluding hydrogens is 237 g/mol. The first kappa shape index (κ1) is 12.3. The Morgan fingerprint density at radius 1 is 1.33 bits per heavy atom. The van der Waals surface area contributed by atoms with Crippen LogP contribution in [0.3, 0.4) is 0 Å². The number of benzene rings is 1. The van der Waals surface area contributed by atoms with Gasteiger partial charge in [-0.2, -0.15) is 0 Å². The van der Waals surface area contributed by atoms with Crippen molar-refractivity contribution in [2.45, 2.75) is 13.8 Å². The second kappa shape index (κ2) is 4.60. The van der Waals surface area contributed by atoms with Crippen LogP contribution in [-0.2, 0) is 9.59 Å². The van der Waals surface area contributed by atoms with Gasteiger partial charge in [-0.05, 0) is 19.1 Å². The zero-order valence-electron chi connectivity index (χ0n) is 10.0. The summed E-state index contributed by atoms with van der Waals surface area (Å²) in [6, 6.07) is 4.37. The minimum absolute atomic E-state index is 0.0428. The summed E-state index contributed by atoms with van der Waals surface area (Å²) in [6.45, 7) is 2.67. The number of carbonyl (C=O) groups is 2. The number of carbonyl (C=O) groups excluding carboxylic acids is 2. The summed E-state index contributed by atoms with van der Waals surface area (Å²) >= 11 is 0. The normalized spacial score (nSPS) is 13.7. The van der Waals surface area contributed by atoms with Crippen molar-refractivity contribution < 1.29 is 18.7 Å². The molecule has 0 saturated heterocycles. The van der Waals surface area contributed by atoms with Crippen molar-refractivity contribution in [2.75, 3.05) is 6.61 Å². The zero-order chi connectivity index (χ0) is 13.3. The van der Waals surface area contributed by atoms with Crippen molar-refractivity contribution >= 4 is 17.4 Å². The monoisotopic (exact) mass is 249 g/mol. The number of ether oxygens (including phenoxy) is 1. The molecule has 0 radical (unpaired) electrons. The van der Waals surface area contributed by atoms with E-state index < -0.39 is 5.82 Å². The fourth-order valence-electron chi connectivity index (χ4n) is 1.83. The predicted octanol–water partition coefficient (Wildman–Crippen LogP) is 1.65. The van der Waals surface area contributed by atoms with E-state index in [2.05, 4.69) is 5.32 Å². The topological polar surface area (TPSA) is 55.4 Å². The summed E-state index contributed by atoms with van der Waals surface area (Å²) in [4.78, 5) is 22.7. The molecule has 18 heavy (non-hydrogen) atoms. The van der Waals surface area contributed by atoms with Crippen LogP contribution in [0.4, 0.5) is 4.39 Å². The number of fused-ring (bicyclic) bond motifs is 1. The van der Waals surface area contributed by atoms with Crippen molar-refractivity contribution in [3.05, 3.63) is 35.2 Å². The van der Waals surface area contributed by atoms with Crippen molar-refractivity contribution in [2.24, 2.45) is 0 Å². The lowest BCUT2D eigenvalue weighted by molar-refractivity contribution is -0.117. The van der Waals surface area contributed by atoms with Crippen LogP contribution in [0, 0.1) is 5.82 Å². The molecular formula is C13H12FNO3. The Balaban J connectivity index is 2.61. The fraction of sp³-hybridized carbons (Fsp3) is 0.231. The number of amides is 1. The van der Waals surface area contributed by atoms with Gasteiger partial charge in [0, 0.05) is 12.5 Å². The molecule has 2 rings (SSSR count). The third-order valence-electron chi connectivity index (χ3n) is 2.62. The van der Waals surface area contributed by atoms with E-state index in [0.717, 1.165) is 0 Å². The Morgan fingerprint density at radius 3 is 2.67 bits per heavy atom. The van der Waals surface area contributed by atoms with Gasteiger partial charge in [0.2, 0.25) is 5.91 Å². The maximum atomic E-state index is 13.6. The highest BCUT2D eigenvalue weighted by atomic mass is 19.1. The van der Waals surface area contributed by atoms with Crippen LogP contribution < -0.4 is 10.1 Å². The van der Waals surface area contributed by atoms with Crippen molar-refractivity contribution in [1.29, 1.82) is 0 Å². The molecule has 94 valence electrons. The van der Waals surface area contributed by atoms with E-state index in [1.165, 1.54) is 26.0 Å². The first-order chi connectivity index (χ1) is 8.50. The van der Waals surface area contributed by atoms with Gasteiger partial charge >= 0.3 is 0 Å². The van der Waals surface area contributed by atoms with Gasteiger partial charge < -0.3 is 10.1 Å². The summed E-state index contributed by atoms with van der Waals surface area (Å²) in [5, 5.41) is 2.57. The summed E-state index contributed by atoms with van der Waals surface area (Å²) < 4.78 is 18.8. The quantitative estimate of drug-likeness (QED) is 0.867. The lowest BCUT2D eigenvalue weighted by atomic mass is 10.0. The first-order valence-corrected chi connectivity index (χ1v) is 5.44. The first-order valence-electron chi connectivity index (χ1n) is 5.44. The van der Waals surface area contributed by atoms with E-state index in [0.29, 0.717) is 16.8 Å². The smallest absolute Gasteiger partial charge is 0.221 e. The highest BCUT2D eigenvalue weighted by Gasteiger charge is 2.25. The molecule has 1 heterocycles. The maximum Gasteiger partial charge on any atom is 0.221 e. The molecule has 5 heteroatoms. The predicted molar refractivity (Wildman–Crippen MR) is 63.3 cm³/mol. The van der Waals surface area contributed by atoms with Gasteiger partial charge in [-0.1, -0.05) is 6.07 Å². The summed E-state index contributed by atoms with van der Waals surface area (Å²) in [5.41, 5.74) is 1.06. The highest BCUT2D eigenvalue weighted by Crippen LogP contribution is 2.33. The van der Waals surface area contributed by atoms with Crippen molar-refractivity contribution in [3.63, 3.8) is 0 Å². The largest absolute Gasteiger partial charge is 0.485 e. The van der Waals surface area contributed by atoms with Crippen LogP contribution in [0.5, 0.6) is 5.75 Å². The van der Waals surface area contributed by atoms with E-state index in [1.54, 1.807) is 6.07 Å². The molecule has 1 aliphatic rings. The van der Waals surface area contributed by atoms with Crippen molar-refractivity contribution in [3.8, 4) is 5.75 Å². The summed E-state index contributed by atoms with van der Waals surface area (Å²) in [6.07, 6.45) is 0. The van der Waals surface area contributed by atoms with E-state index >= 15 is 0 Å². The Kier molecular flexibility index (Phi) is 3.14. The second-order valence-electron chi connectivity index (χ2n) is 4.00. The number of nitrogens with one attached hydrogen (secondary N) is 1. The van der Waals surface area contributed by atoms with Gasteiger partial charge in [-0.3, -0.25) is 9.59 Å². The highest BCUT2D eigenvalue weighted by molar-refractivity contribution is 6.04. The molecule has 0 bridgehead atoms. The number of Topliss-reactive ketones (excluding diaryl/α,β-unsaturated/α-hetero) is 1. The van der Waals surface area contributed by atoms with Crippen LogP contribution in [-0.4, -0.2) is 18.3 Å². The number of halogens is 1. The van der Waals surface area contributed by atoms with Gasteiger partial charge in [0.1, 0.15) is 6.61 Å². The fourth-order valence-corrected chi connectivity index (χ4v) is 1.83. The zero-order valence-corrected chi connectivity index (χ0v) is 10.0. The molecule has 1 aromatic carbocycles. The molecule has 0 aromatic heterocycles. The van der Waals surface area contributed by atoms with Crippen LogP contribution in [0.25, 0.3) is 5.70 Å². The Labute approximate surface area is 103 Å². The number of ketones is 1. The summed E-state index contributed by atoms with van der Waals surface area (Å²) in [7, 11) is 0. The molecule has 1 N–H and O–H groups in total. The van der Waals surface area contributed by atoms with E-state index in [4.69, 9.17) is 4.74 Å². The Hall–Kier alpha value is -2.17. The minimum atomic E-state index is -0.516. The standard InChI is InChI=1S/C13H12FNO3/c1-7(16)10-6-18-13-9(4-3-5-11(13)14)12(10)15-8(2)17/h3-5H,6H2,1-2H3,(H,15,17). The lowest BCUT2D eigenvalue weighted by Crippen LogP contribution is -2.27. The van der Waals surface area contributed by atoms with Crippen molar-refractivity contribution in [1.82, 2.24) is 5.32 Å². The van der Waals surface area contributed by atoms with E-state index in [1.807, 2.05) is 0 Å². The molecule has 1 aromatic rings. The van der Waals surface area contributed by atoms with Gasteiger partial charge in [-0.25, -0.2) is 4.39 Å². The molecule has 0 fully saturated rings. The molecule has 0 aliphatic carbocycles. The number of hydrogen-bond donors (Lipinski definition) is 1. The molecule has 0 unspecified atom stereocenters. The summed E-state index contributed by atoms with van der Waals surface area (Å²) in [5.74, 6) is -0.987. The molecule has 4 nitrogen and oxygen atoms in total. The molecule has 0 atom stereocenters. The third-order valence-corrected chi connectivity index (χ3v) is 2.62. The molecule has 0 spiro atoms. The molecule has 1 aliphatic heterocycles. The van der Waals surface area contributed by atoms with Gasteiger partial charge in [-0.15, -0.1) is 0 Å². The minimum Gasteiger partial charge on any atom is -0.485 e. The van der Waals surface area contributed by atoms with Crippen LogP contribution in [0.1, 0.15) is 19.4 Å². The van der Waals surface area contributed by atoms with Gasteiger partial charge in [0.25, 0.3) is 0 Å². The lowest BCUT2D eigenvalue weighted by Gasteiger charge is -2.23. The number of para-hydroxylation sites is 1.